The average Bonchev–Trinajstić information content (AvgIpc) is 3.34. The Morgan fingerprint density at radius 2 is 1.74 bits per heavy atom. The summed E-state index contributed by atoms with van der Waals surface area (Å²) in [5.74, 6) is 0. The molecule has 2 aromatic carbocycles. The summed E-state index contributed by atoms with van der Waals surface area (Å²) in [6.45, 7) is 0.989. The van der Waals surface area contributed by atoms with Gasteiger partial charge in [-0.1, -0.05) is 58.4 Å². The van der Waals surface area contributed by atoms with Crippen molar-refractivity contribution in [1.82, 2.24) is 5.32 Å². The second-order valence-electron chi connectivity index (χ2n) is 6.22. The fourth-order valence-corrected chi connectivity index (χ4v) is 2.93. The lowest BCUT2D eigenvalue weighted by molar-refractivity contribution is 0.137. The van der Waals surface area contributed by atoms with E-state index in [2.05, 4.69) is 45.5 Å². The molecule has 3 rings (SSSR count). The summed E-state index contributed by atoms with van der Waals surface area (Å²) in [4.78, 5) is 11.8. The van der Waals surface area contributed by atoms with Crippen LogP contribution in [0.5, 0.6) is 0 Å². The van der Waals surface area contributed by atoms with Crippen molar-refractivity contribution in [3.63, 3.8) is 0 Å². The van der Waals surface area contributed by atoms with Crippen LogP contribution in [0.1, 0.15) is 24.0 Å². The first-order chi connectivity index (χ1) is 11.2. The van der Waals surface area contributed by atoms with Crippen LogP contribution in [0, 0.1) is 5.41 Å². The number of ether oxygens (including phenoxy) is 1. The van der Waals surface area contributed by atoms with Gasteiger partial charge in [-0.15, -0.1) is 0 Å². The van der Waals surface area contributed by atoms with Gasteiger partial charge in [0, 0.05) is 11.0 Å². The van der Waals surface area contributed by atoms with Crippen molar-refractivity contribution in [1.29, 1.82) is 0 Å². The van der Waals surface area contributed by atoms with Gasteiger partial charge in [-0.25, -0.2) is 4.79 Å². The molecule has 3 nitrogen and oxygen atoms in total. The molecule has 0 aliphatic heterocycles. The highest BCUT2D eigenvalue weighted by Crippen LogP contribution is 2.47. The molecule has 4 heteroatoms. The molecule has 1 fully saturated rings. The Kier molecular flexibility index (Phi) is 5.01. The van der Waals surface area contributed by atoms with Crippen LogP contribution < -0.4 is 5.32 Å². The van der Waals surface area contributed by atoms with Crippen molar-refractivity contribution < 1.29 is 9.53 Å². The normalized spacial score (nSPS) is 15.0. The Balaban J connectivity index is 1.44. The summed E-state index contributed by atoms with van der Waals surface area (Å²) >= 11 is 3.45. The highest BCUT2D eigenvalue weighted by atomic mass is 79.9. The van der Waals surface area contributed by atoms with Crippen molar-refractivity contribution in [2.75, 3.05) is 6.54 Å². The van der Waals surface area contributed by atoms with Crippen molar-refractivity contribution in [3.05, 3.63) is 70.2 Å². The van der Waals surface area contributed by atoms with Gasteiger partial charge in [-0.2, -0.15) is 0 Å². The third kappa shape index (κ3) is 4.83. The molecule has 0 spiro atoms. The SMILES string of the molecule is O=C(NCC1(Cc2ccc(Br)cc2)CC1)OCc1ccccc1. The molecular formula is C19H20BrNO2. The first kappa shape index (κ1) is 16.1. The number of benzene rings is 2. The van der Waals surface area contributed by atoms with Gasteiger partial charge in [0.05, 0.1) is 0 Å². The highest BCUT2D eigenvalue weighted by molar-refractivity contribution is 9.10. The number of carbonyl (C=O) groups is 1. The maximum Gasteiger partial charge on any atom is 0.407 e. The van der Waals surface area contributed by atoms with Crippen LogP contribution in [-0.4, -0.2) is 12.6 Å². The summed E-state index contributed by atoms with van der Waals surface area (Å²) in [6.07, 6.45) is 2.97. The molecule has 1 amide bonds. The molecule has 0 bridgehead atoms. The quantitative estimate of drug-likeness (QED) is 0.796. The number of hydrogen-bond donors (Lipinski definition) is 1. The number of amides is 1. The monoisotopic (exact) mass is 373 g/mol. The van der Waals surface area contributed by atoms with E-state index in [4.69, 9.17) is 4.74 Å². The molecule has 0 heterocycles. The zero-order valence-corrected chi connectivity index (χ0v) is 14.5. The average molecular weight is 374 g/mol. The fourth-order valence-electron chi connectivity index (χ4n) is 2.66. The molecule has 0 saturated heterocycles. The highest BCUT2D eigenvalue weighted by Gasteiger charge is 2.42. The topological polar surface area (TPSA) is 38.3 Å². The van der Waals surface area contributed by atoms with Crippen molar-refractivity contribution in [3.8, 4) is 0 Å². The zero-order valence-electron chi connectivity index (χ0n) is 12.9. The van der Waals surface area contributed by atoms with Crippen molar-refractivity contribution in [2.45, 2.75) is 25.9 Å². The summed E-state index contributed by atoms with van der Waals surface area (Å²) in [7, 11) is 0. The van der Waals surface area contributed by atoms with E-state index in [1.165, 1.54) is 5.56 Å². The van der Waals surface area contributed by atoms with Crippen LogP contribution in [0.25, 0.3) is 0 Å². The number of carbonyl (C=O) groups excluding carboxylic acids is 1. The summed E-state index contributed by atoms with van der Waals surface area (Å²) in [6, 6.07) is 18.1. The minimum atomic E-state index is -0.337. The van der Waals surface area contributed by atoms with Gasteiger partial charge in [-0.3, -0.25) is 0 Å². The van der Waals surface area contributed by atoms with Gasteiger partial charge < -0.3 is 10.1 Å². The minimum absolute atomic E-state index is 0.208. The van der Waals surface area contributed by atoms with Gasteiger partial charge in [0.1, 0.15) is 6.61 Å². The van der Waals surface area contributed by atoms with Gasteiger partial charge >= 0.3 is 6.09 Å². The second kappa shape index (κ2) is 7.18. The van der Waals surface area contributed by atoms with E-state index < -0.39 is 0 Å². The smallest absolute Gasteiger partial charge is 0.407 e. The predicted molar refractivity (Wildman–Crippen MR) is 94.1 cm³/mol. The van der Waals surface area contributed by atoms with Crippen LogP contribution in [0.4, 0.5) is 4.79 Å². The number of alkyl carbamates (subject to hydrolysis) is 1. The molecule has 2 aromatic rings. The van der Waals surface area contributed by atoms with Gasteiger partial charge in [0.25, 0.3) is 0 Å². The summed E-state index contributed by atoms with van der Waals surface area (Å²) < 4.78 is 6.35. The van der Waals surface area contributed by atoms with E-state index in [9.17, 15) is 4.79 Å². The van der Waals surface area contributed by atoms with Crippen LogP contribution in [-0.2, 0) is 17.8 Å². The first-order valence-electron chi connectivity index (χ1n) is 7.84. The van der Waals surface area contributed by atoms with E-state index in [-0.39, 0.29) is 11.5 Å². The van der Waals surface area contributed by atoms with Crippen LogP contribution in [0.3, 0.4) is 0 Å². The van der Waals surface area contributed by atoms with Crippen LogP contribution in [0.2, 0.25) is 0 Å². The standard InChI is InChI=1S/C19H20BrNO2/c20-17-8-6-15(7-9-17)12-19(10-11-19)14-21-18(22)23-13-16-4-2-1-3-5-16/h1-9H,10-14H2,(H,21,22). The molecule has 120 valence electrons. The molecule has 0 radical (unpaired) electrons. The molecule has 23 heavy (non-hydrogen) atoms. The van der Waals surface area contributed by atoms with Crippen LogP contribution in [0.15, 0.2) is 59.1 Å². The Labute approximate surface area is 145 Å². The Morgan fingerprint density at radius 3 is 2.39 bits per heavy atom. The number of halogens is 1. The molecule has 1 aliphatic carbocycles. The molecule has 0 aromatic heterocycles. The van der Waals surface area contributed by atoms with Gasteiger partial charge in [0.15, 0.2) is 0 Å². The Bertz CT molecular complexity index is 651. The minimum Gasteiger partial charge on any atom is -0.445 e. The van der Waals surface area contributed by atoms with Gasteiger partial charge in [0.2, 0.25) is 0 Å². The van der Waals surface area contributed by atoms with Crippen LogP contribution >= 0.6 is 15.9 Å². The molecule has 0 atom stereocenters. The molecule has 1 N–H and O–H groups in total. The maximum atomic E-state index is 11.8. The largest absolute Gasteiger partial charge is 0.445 e. The predicted octanol–water partition coefficient (Wildman–Crippen LogP) is 4.70. The van der Waals surface area contributed by atoms with Crippen molar-refractivity contribution >= 4 is 22.0 Å². The van der Waals surface area contributed by atoms with Crippen molar-refractivity contribution in [2.24, 2.45) is 5.41 Å². The molecule has 1 aliphatic rings. The first-order valence-corrected chi connectivity index (χ1v) is 8.64. The second-order valence-corrected chi connectivity index (χ2v) is 7.13. The summed E-state index contributed by atoms with van der Waals surface area (Å²) in [5.41, 5.74) is 2.52. The van der Waals surface area contributed by atoms with E-state index >= 15 is 0 Å². The van der Waals surface area contributed by atoms with E-state index in [1.807, 2.05) is 30.3 Å². The lowest BCUT2D eigenvalue weighted by atomic mass is 9.96. The van der Waals surface area contributed by atoms with E-state index in [0.717, 1.165) is 29.3 Å². The maximum absolute atomic E-state index is 11.8. The molecular weight excluding hydrogens is 354 g/mol. The number of rotatable bonds is 6. The lowest BCUT2D eigenvalue weighted by Gasteiger charge is -2.16. The summed E-state index contributed by atoms with van der Waals surface area (Å²) in [5, 5.41) is 2.92. The Morgan fingerprint density at radius 1 is 1.04 bits per heavy atom. The number of nitrogens with one attached hydrogen (secondary N) is 1. The number of hydrogen-bond acceptors (Lipinski definition) is 2. The fraction of sp³-hybridized carbons (Fsp3) is 0.316. The molecule has 0 unspecified atom stereocenters. The Hall–Kier alpha value is -1.81. The van der Waals surface area contributed by atoms with E-state index in [1.54, 1.807) is 0 Å². The van der Waals surface area contributed by atoms with E-state index in [0.29, 0.717) is 13.2 Å². The lowest BCUT2D eigenvalue weighted by Crippen LogP contribution is -2.31. The van der Waals surface area contributed by atoms with Gasteiger partial charge in [-0.05, 0) is 47.9 Å². The third-order valence-electron chi connectivity index (χ3n) is 4.27. The zero-order chi connectivity index (χ0) is 16.1. The third-order valence-corrected chi connectivity index (χ3v) is 4.80. The molecule has 1 saturated carbocycles.